The molecule has 1 aromatic carbocycles. The number of aromatic nitrogens is 3. The van der Waals surface area contributed by atoms with Crippen molar-refractivity contribution in [3.05, 3.63) is 58.6 Å². The van der Waals surface area contributed by atoms with E-state index in [1.165, 1.54) is 0 Å². The van der Waals surface area contributed by atoms with E-state index in [1.807, 2.05) is 23.1 Å². The van der Waals surface area contributed by atoms with Gasteiger partial charge in [0, 0.05) is 37.9 Å². The van der Waals surface area contributed by atoms with E-state index >= 15 is 0 Å². The molecule has 0 radical (unpaired) electrons. The minimum absolute atomic E-state index is 0.0142. The number of rotatable bonds is 2. The third-order valence-corrected chi connectivity index (χ3v) is 4.30. The predicted molar refractivity (Wildman–Crippen MR) is 91.3 cm³/mol. The number of H-pyrrole nitrogens is 2. The summed E-state index contributed by atoms with van der Waals surface area (Å²) in [5.41, 5.74) is 1.68. The molecule has 122 valence electrons. The van der Waals surface area contributed by atoms with Crippen LogP contribution in [0.4, 0.5) is 5.82 Å². The Kier molecular flexibility index (Phi) is 3.53. The summed E-state index contributed by atoms with van der Waals surface area (Å²) in [6.07, 6.45) is 1.78. The van der Waals surface area contributed by atoms with Crippen LogP contribution in [0.25, 0.3) is 11.0 Å². The van der Waals surface area contributed by atoms with E-state index in [4.69, 9.17) is 0 Å². The van der Waals surface area contributed by atoms with Crippen LogP contribution in [0.2, 0.25) is 0 Å². The number of hydrogen-bond donors (Lipinski definition) is 2. The number of hydrogen-bond acceptors (Lipinski definition) is 4. The number of fused-ring (bicyclic) bond motifs is 1. The molecule has 2 N–H and O–H groups in total. The van der Waals surface area contributed by atoms with Crippen molar-refractivity contribution < 1.29 is 4.79 Å². The Morgan fingerprint density at radius 1 is 1.00 bits per heavy atom. The van der Waals surface area contributed by atoms with Crippen molar-refractivity contribution in [1.29, 1.82) is 0 Å². The number of nitrogens with zero attached hydrogens (tertiary/aromatic N) is 3. The summed E-state index contributed by atoms with van der Waals surface area (Å²) in [5, 5.41) is 0. The maximum absolute atomic E-state index is 12.7. The Hall–Kier alpha value is -3.09. The zero-order valence-electron chi connectivity index (χ0n) is 13.0. The first-order valence-electron chi connectivity index (χ1n) is 7.88. The van der Waals surface area contributed by atoms with E-state index in [9.17, 15) is 9.59 Å². The number of pyridine rings is 1. The normalized spacial score (nSPS) is 15.0. The second-order valence-corrected chi connectivity index (χ2v) is 5.81. The van der Waals surface area contributed by atoms with Crippen molar-refractivity contribution in [3.63, 3.8) is 0 Å². The van der Waals surface area contributed by atoms with Crippen molar-refractivity contribution in [2.24, 2.45) is 0 Å². The van der Waals surface area contributed by atoms with Crippen LogP contribution in [0.5, 0.6) is 0 Å². The molecule has 1 amide bonds. The molecular weight excluding hydrogens is 306 g/mol. The number of amides is 1. The largest absolute Gasteiger partial charge is 0.353 e. The van der Waals surface area contributed by atoms with Crippen LogP contribution in [0.1, 0.15) is 10.4 Å². The van der Waals surface area contributed by atoms with Crippen LogP contribution in [-0.4, -0.2) is 51.9 Å². The molecule has 0 unspecified atom stereocenters. The second-order valence-electron chi connectivity index (χ2n) is 5.81. The number of aromatic amines is 2. The number of carbonyl (C=O) groups is 1. The second kappa shape index (κ2) is 5.84. The van der Waals surface area contributed by atoms with Crippen LogP contribution < -0.4 is 10.6 Å². The van der Waals surface area contributed by atoms with E-state index in [0.29, 0.717) is 29.7 Å². The fraction of sp³-hybridized carbons (Fsp3) is 0.235. The Morgan fingerprint density at radius 3 is 2.54 bits per heavy atom. The smallest absolute Gasteiger partial charge is 0.323 e. The summed E-state index contributed by atoms with van der Waals surface area (Å²) in [4.78, 5) is 37.7. The average Bonchev–Trinajstić information content (AvgIpc) is 3.01. The van der Waals surface area contributed by atoms with Gasteiger partial charge < -0.3 is 19.8 Å². The van der Waals surface area contributed by atoms with E-state index in [1.54, 1.807) is 24.4 Å². The SMILES string of the molecule is O=C(c1ccc2[nH]c(=O)[nH]c2c1)N1CCN(c2ccccn2)CC1. The van der Waals surface area contributed by atoms with Crippen LogP contribution >= 0.6 is 0 Å². The Bertz CT molecular complexity index is 923. The minimum atomic E-state index is -0.265. The summed E-state index contributed by atoms with van der Waals surface area (Å²) in [6.45, 7) is 2.81. The first-order chi connectivity index (χ1) is 11.7. The number of benzene rings is 1. The molecule has 24 heavy (non-hydrogen) atoms. The number of carbonyl (C=O) groups excluding carboxylic acids is 1. The Labute approximate surface area is 137 Å². The molecule has 0 spiro atoms. The van der Waals surface area contributed by atoms with Gasteiger partial charge in [-0.25, -0.2) is 9.78 Å². The van der Waals surface area contributed by atoms with Gasteiger partial charge in [-0.3, -0.25) is 4.79 Å². The Balaban J connectivity index is 1.48. The third kappa shape index (κ3) is 2.64. The summed E-state index contributed by atoms with van der Waals surface area (Å²) < 4.78 is 0. The fourth-order valence-corrected chi connectivity index (χ4v) is 3.03. The monoisotopic (exact) mass is 323 g/mol. The van der Waals surface area contributed by atoms with E-state index in [-0.39, 0.29) is 11.6 Å². The van der Waals surface area contributed by atoms with Gasteiger partial charge in [-0.05, 0) is 30.3 Å². The molecule has 7 heteroatoms. The summed E-state index contributed by atoms with van der Waals surface area (Å²) >= 11 is 0. The first-order valence-corrected chi connectivity index (χ1v) is 7.88. The first kappa shape index (κ1) is 14.5. The highest BCUT2D eigenvalue weighted by molar-refractivity contribution is 5.97. The number of imidazole rings is 1. The van der Waals surface area contributed by atoms with E-state index in [2.05, 4.69) is 19.9 Å². The van der Waals surface area contributed by atoms with Gasteiger partial charge in [-0.1, -0.05) is 6.07 Å². The average molecular weight is 323 g/mol. The molecule has 0 bridgehead atoms. The van der Waals surface area contributed by atoms with Crippen LogP contribution in [-0.2, 0) is 0 Å². The molecule has 0 atom stereocenters. The minimum Gasteiger partial charge on any atom is -0.353 e. The predicted octanol–water partition coefficient (Wildman–Crippen LogP) is 1.21. The number of piperazine rings is 1. The van der Waals surface area contributed by atoms with E-state index < -0.39 is 0 Å². The van der Waals surface area contributed by atoms with Crippen LogP contribution in [0, 0.1) is 0 Å². The zero-order valence-corrected chi connectivity index (χ0v) is 13.0. The lowest BCUT2D eigenvalue weighted by atomic mass is 10.1. The van der Waals surface area contributed by atoms with Gasteiger partial charge >= 0.3 is 5.69 Å². The van der Waals surface area contributed by atoms with Crippen LogP contribution in [0.3, 0.4) is 0 Å². The van der Waals surface area contributed by atoms with Crippen molar-refractivity contribution >= 4 is 22.8 Å². The molecule has 3 aromatic rings. The molecule has 0 aliphatic carbocycles. The quantitative estimate of drug-likeness (QED) is 0.742. The van der Waals surface area contributed by atoms with Gasteiger partial charge in [0.15, 0.2) is 0 Å². The van der Waals surface area contributed by atoms with Crippen molar-refractivity contribution in [1.82, 2.24) is 19.9 Å². The lowest BCUT2D eigenvalue weighted by Crippen LogP contribution is -2.49. The standard InChI is InChI=1S/C17H17N5O2/c23-16(12-4-5-13-14(11-12)20-17(24)19-13)22-9-7-21(8-10-22)15-3-1-2-6-18-15/h1-6,11H,7-10H2,(H2,19,20,24). The highest BCUT2D eigenvalue weighted by Crippen LogP contribution is 2.16. The van der Waals surface area contributed by atoms with Gasteiger partial charge in [0.2, 0.25) is 0 Å². The molecule has 4 rings (SSSR count). The van der Waals surface area contributed by atoms with E-state index in [0.717, 1.165) is 18.9 Å². The molecule has 1 aliphatic rings. The molecule has 0 saturated carbocycles. The molecule has 3 heterocycles. The van der Waals surface area contributed by atoms with Gasteiger partial charge in [-0.2, -0.15) is 0 Å². The third-order valence-electron chi connectivity index (χ3n) is 4.30. The zero-order chi connectivity index (χ0) is 16.5. The van der Waals surface area contributed by atoms with Gasteiger partial charge in [0.25, 0.3) is 5.91 Å². The Morgan fingerprint density at radius 2 is 1.79 bits per heavy atom. The van der Waals surface area contributed by atoms with Gasteiger partial charge in [-0.15, -0.1) is 0 Å². The van der Waals surface area contributed by atoms with Crippen LogP contribution in [0.15, 0.2) is 47.4 Å². The highest BCUT2D eigenvalue weighted by Gasteiger charge is 2.23. The molecule has 1 aliphatic heterocycles. The summed E-state index contributed by atoms with van der Waals surface area (Å²) in [5.74, 6) is 0.926. The van der Waals surface area contributed by atoms with Crippen molar-refractivity contribution in [2.45, 2.75) is 0 Å². The number of nitrogens with one attached hydrogen (secondary N) is 2. The lowest BCUT2D eigenvalue weighted by molar-refractivity contribution is 0.0746. The van der Waals surface area contributed by atoms with Crippen molar-refractivity contribution in [2.75, 3.05) is 31.1 Å². The van der Waals surface area contributed by atoms with Crippen molar-refractivity contribution in [3.8, 4) is 0 Å². The lowest BCUT2D eigenvalue weighted by Gasteiger charge is -2.35. The maximum atomic E-state index is 12.7. The molecule has 2 aromatic heterocycles. The number of anilines is 1. The molecule has 1 fully saturated rings. The van der Waals surface area contributed by atoms with Gasteiger partial charge in [0.1, 0.15) is 5.82 Å². The summed E-state index contributed by atoms with van der Waals surface area (Å²) in [6, 6.07) is 11.1. The molecule has 7 nitrogen and oxygen atoms in total. The topological polar surface area (TPSA) is 85.1 Å². The molecule has 1 saturated heterocycles. The maximum Gasteiger partial charge on any atom is 0.323 e. The fourth-order valence-electron chi connectivity index (χ4n) is 3.03. The molecular formula is C17H17N5O2. The van der Waals surface area contributed by atoms with Gasteiger partial charge in [0.05, 0.1) is 11.0 Å². The highest BCUT2D eigenvalue weighted by atomic mass is 16.2. The summed E-state index contributed by atoms with van der Waals surface area (Å²) in [7, 11) is 0.